The predicted octanol–water partition coefficient (Wildman–Crippen LogP) is 4.65. The van der Waals surface area contributed by atoms with E-state index in [1.165, 1.54) is 11.0 Å². The SMILES string of the molecule is O=C(Cc1cc(F)cc(F)c1)N1CCCCc2cc3c(cc21)[C@@H](F)C3(O)C(F)(F)F. The van der Waals surface area contributed by atoms with E-state index < -0.39 is 41.1 Å². The second-order valence-corrected chi connectivity index (χ2v) is 7.65. The molecule has 0 fully saturated rings. The van der Waals surface area contributed by atoms with Crippen LogP contribution in [0.5, 0.6) is 0 Å². The van der Waals surface area contributed by atoms with Crippen molar-refractivity contribution in [2.75, 3.05) is 11.4 Å². The van der Waals surface area contributed by atoms with Crippen molar-refractivity contribution in [2.45, 2.75) is 43.6 Å². The highest BCUT2D eigenvalue weighted by molar-refractivity contribution is 5.96. The molecule has 0 saturated heterocycles. The van der Waals surface area contributed by atoms with E-state index in [9.17, 15) is 36.2 Å². The van der Waals surface area contributed by atoms with E-state index >= 15 is 0 Å². The van der Waals surface area contributed by atoms with Crippen molar-refractivity contribution in [2.24, 2.45) is 0 Å². The van der Waals surface area contributed by atoms with Crippen molar-refractivity contribution in [3.63, 3.8) is 0 Å². The second kappa shape index (κ2) is 7.01. The number of hydrogen-bond donors (Lipinski definition) is 1. The van der Waals surface area contributed by atoms with Crippen LogP contribution >= 0.6 is 0 Å². The third kappa shape index (κ3) is 3.15. The molecule has 0 radical (unpaired) electrons. The highest BCUT2D eigenvalue weighted by Gasteiger charge is 2.68. The van der Waals surface area contributed by atoms with Gasteiger partial charge in [-0.2, -0.15) is 13.2 Å². The number of aryl methyl sites for hydroxylation is 1. The summed E-state index contributed by atoms with van der Waals surface area (Å²) in [6, 6.07) is 5.02. The summed E-state index contributed by atoms with van der Waals surface area (Å²) < 4.78 is 80.8. The van der Waals surface area contributed by atoms with Crippen LogP contribution in [0.1, 0.15) is 41.3 Å². The van der Waals surface area contributed by atoms with Gasteiger partial charge in [0.25, 0.3) is 0 Å². The van der Waals surface area contributed by atoms with Gasteiger partial charge in [0.05, 0.1) is 6.42 Å². The number of anilines is 1. The molecule has 0 aromatic heterocycles. The Balaban J connectivity index is 1.70. The molecule has 0 spiro atoms. The summed E-state index contributed by atoms with van der Waals surface area (Å²) in [6.45, 7) is 0.239. The van der Waals surface area contributed by atoms with Crippen LogP contribution < -0.4 is 4.90 Å². The van der Waals surface area contributed by atoms with Crippen LogP contribution in [0.2, 0.25) is 0 Å². The third-order valence-electron chi connectivity index (χ3n) is 5.68. The smallest absolute Gasteiger partial charge is 0.374 e. The van der Waals surface area contributed by atoms with Gasteiger partial charge in [-0.05, 0) is 60.2 Å². The minimum atomic E-state index is -5.17. The number of rotatable bonds is 2. The fourth-order valence-electron chi connectivity index (χ4n) is 4.17. The van der Waals surface area contributed by atoms with Gasteiger partial charge in [-0.15, -0.1) is 0 Å². The molecule has 2 aromatic carbocycles. The highest BCUT2D eigenvalue weighted by atomic mass is 19.4. The first-order chi connectivity index (χ1) is 14.0. The molecular weight excluding hydrogens is 412 g/mol. The quantitative estimate of drug-likeness (QED) is 0.706. The fourth-order valence-corrected chi connectivity index (χ4v) is 4.17. The molecule has 1 aliphatic carbocycles. The number of amides is 1. The van der Waals surface area contributed by atoms with Gasteiger partial charge in [0.15, 0.2) is 6.17 Å². The summed E-state index contributed by atoms with van der Waals surface area (Å²) in [6.07, 6.45) is -6.67. The zero-order valence-corrected chi connectivity index (χ0v) is 15.6. The normalized spacial score (nSPS) is 23.3. The third-order valence-corrected chi connectivity index (χ3v) is 5.68. The molecule has 9 heteroatoms. The lowest BCUT2D eigenvalue weighted by Crippen LogP contribution is -2.53. The van der Waals surface area contributed by atoms with E-state index in [1.54, 1.807) is 0 Å². The van der Waals surface area contributed by atoms with Gasteiger partial charge in [-0.3, -0.25) is 4.79 Å². The van der Waals surface area contributed by atoms with Gasteiger partial charge in [0.2, 0.25) is 11.5 Å². The number of carbonyl (C=O) groups excluding carboxylic acids is 1. The summed E-state index contributed by atoms with van der Waals surface area (Å²) in [4.78, 5) is 14.2. The molecule has 4 rings (SSSR count). The molecule has 3 nitrogen and oxygen atoms in total. The molecule has 1 aliphatic heterocycles. The summed E-state index contributed by atoms with van der Waals surface area (Å²) >= 11 is 0. The molecular formula is C21H17F6NO2. The number of halogens is 6. The maximum Gasteiger partial charge on any atom is 0.424 e. The Morgan fingerprint density at radius 3 is 2.40 bits per heavy atom. The van der Waals surface area contributed by atoms with Gasteiger partial charge in [-0.25, -0.2) is 13.2 Å². The molecule has 30 heavy (non-hydrogen) atoms. The molecule has 0 bridgehead atoms. The van der Waals surface area contributed by atoms with Crippen molar-refractivity contribution in [1.82, 2.24) is 0 Å². The summed E-state index contributed by atoms with van der Waals surface area (Å²) in [5, 5.41) is 9.91. The minimum Gasteiger partial charge on any atom is -0.374 e. The number of carbonyl (C=O) groups is 1. The standard InChI is InChI=1S/C21H17F6NO2/c22-13-5-11(6-14(23)9-13)7-18(29)28-4-2-1-3-12-8-16-15(10-17(12)28)19(24)20(16,30)21(25,26)27/h5-6,8-10,19,30H,1-4,7H2/t19-,20?/m1/s1. The van der Waals surface area contributed by atoms with E-state index in [1.807, 2.05) is 0 Å². The van der Waals surface area contributed by atoms with Crippen LogP contribution in [0.25, 0.3) is 0 Å². The van der Waals surface area contributed by atoms with Crippen LogP contribution in [0, 0.1) is 11.6 Å². The van der Waals surface area contributed by atoms with Crippen molar-refractivity contribution in [3.8, 4) is 0 Å². The van der Waals surface area contributed by atoms with Gasteiger partial charge in [0.1, 0.15) is 11.6 Å². The average molecular weight is 429 g/mol. The summed E-state index contributed by atoms with van der Waals surface area (Å²) in [7, 11) is 0. The van der Waals surface area contributed by atoms with E-state index in [0.29, 0.717) is 30.9 Å². The number of alkyl halides is 4. The Morgan fingerprint density at radius 1 is 1.10 bits per heavy atom. The molecule has 1 unspecified atom stereocenters. The Kier molecular flexibility index (Phi) is 4.84. The first-order valence-electron chi connectivity index (χ1n) is 9.38. The molecule has 2 aliphatic rings. The van der Waals surface area contributed by atoms with Crippen molar-refractivity contribution < 1.29 is 36.2 Å². The topological polar surface area (TPSA) is 40.5 Å². The Bertz CT molecular complexity index is 1000. The molecule has 160 valence electrons. The van der Waals surface area contributed by atoms with E-state index in [-0.39, 0.29) is 29.8 Å². The van der Waals surface area contributed by atoms with Gasteiger partial charge >= 0.3 is 6.18 Å². The van der Waals surface area contributed by atoms with Crippen molar-refractivity contribution in [3.05, 3.63) is 64.2 Å². The van der Waals surface area contributed by atoms with Gasteiger partial charge in [-0.1, -0.05) is 0 Å². The lowest BCUT2D eigenvalue weighted by molar-refractivity contribution is -0.302. The van der Waals surface area contributed by atoms with Crippen LogP contribution in [-0.2, 0) is 23.2 Å². The Hall–Kier alpha value is -2.55. The van der Waals surface area contributed by atoms with E-state index in [4.69, 9.17) is 0 Å². The average Bonchev–Trinajstić information content (AvgIpc) is 2.86. The molecule has 1 amide bonds. The van der Waals surface area contributed by atoms with Gasteiger partial charge in [0, 0.05) is 23.9 Å². The van der Waals surface area contributed by atoms with Crippen molar-refractivity contribution in [1.29, 1.82) is 0 Å². The summed E-state index contributed by atoms with van der Waals surface area (Å²) in [5.74, 6) is -2.17. The molecule has 2 aromatic rings. The van der Waals surface area contributed by atoms with Crippen molar-refractivity contribution >= 4 is 11.6 Å². The van der Waals surface area contributed by atoms with Crippen LogP contribution in [-0.4, -0.2) is 23.7 Å². The number of fused-ring (bicyclic) bond motifs is 2. The maximum absolute atomic E-state index is 14.3. The largest absolute Gasteiger partial charge is 0.424 e. The van der Waals surface area contributed by atoms with Gasteiger partial charge < -0.3 is 10.0 Å². The zero-order chi connectivity index (χ0) is 21.8. The Morgan fingerprint density at radius 2 is 1.77 bits per heavy atom. The number of benzene rings is 2. The first-order valence-corrected chi connectivity index (χ1v) is 9.38. The Labute approximate surface area is 167 Å². The van der Waals surface area contributed by atoms with Crippen LogP contribution in [0.15, 0.2) is 30.3 Å². The lowest BCUT2D eigenvalue weighted by atomic mass is 9.70. The fraction of sp³-hybridized carbons (Fsp3) is 0.381. The highest BCUT2D eigenvalue weighted by Crippen LogP contribution is 2.60. The number of hydrogen-bond acceptors (Lipinski definition) is 2. The molecule has 1 heterocycles. The maximum atomic E-state index is 14.3. The minimum absolute atomic E-state index is 0.113. The molecule has 1 N–H and O–H groups in total. The van der Waals surface area contributed by atoms with E-state index in [2.05, 4.69) is 0 Å². The zero-order valence-electron chi connectivity index (χ0n) is 15.6. The van der Waals surface area contributed by atoms with E-state index in [0.717, 1.165) is 18.2 Å². The predicted molar refractivity (Wildman–Crippen MR) is 95.6 cm³/mol. The van der Waals surface area contributed by atoms with Crippen LogP contribution in [0.3, 0.4) is 0 Å². The lowest BCUT2D eigenvalue weighted by Gasteiger charge is -2.44. The monoisotopic (exact) mass is 429 g/mol. The molecule has 2 atom stereocenters. The first kappa shape index (κ1) is 20.7. The second-order valence-electron chi connectivity index (χ2n) is 7.65. The van der Waals surface area contributed by atoms with Crippen LogP contribution in [0.4, 0.5) is 32.0 Å². The molecule has 0 saturated carbocycles. The number of nitrogens with zero attached hydrogens (tertiary/aromatic N) is 1. The number of aliphatic hydroxyl groups is 1. The summed E-state index contributed by atoms with van der Waals surface area (Å²) in [5.41, 5.74) is -3.65.